The van der Waals surface area contributed by atoms with Crippen LogP contribution in [0.4, 0.5) is 0 Å². The molecule has 0 aliphatic heterocycles. The lowest BCUT2D eigenvalue weighted by atomic mass is 9.32. The maximum Gasteiger partial charge on any atom is 0.178 e. The van der Waals surface area contributed by atoms with E-state index in [1.54, 1.807) is 0 Å². The molecule has 0 aromatic rings. The van der Waals surface area contributed by atoms with Crippen molar-refractivity contribution in [3.8, 4) is 6.07 Å². The van der Waals surface area contributed by atoms with Crippen LogP contribution in [0.3, 0.4) is 0 Å². The molecule has 4 saturated carbocycles. The average molecular weight is 466 g/mol. The third kappa shape index (κ3) is 2.76. The Labute approximate surface area is 207 Å². The number of hydrogen-bond donors (Lipinski definition) is 1. The second-order valence-corrected chi connectivity index (χ2v) is 14.7. The quantitative estimate of drug-likeness (QED) is 0.480. The number of aliphatic hydroxyl groups excluding tert-OH is 1. The molecule has 0 bridgehead atoms. The first-order valence-electron chi connectivity index (χ1n) is 14.1. The van der Waals surface area contributed by atoms with E-state index in [9.17, 15) is 15.2 Å². The van der Waals surface area contributed by atoms with E-state index in [0.717, 1.165) is 18.8 Å². The lowest BCUT2D eigenvalue weighted by Gasteiger charge is -2.71. The molecule has 0 amide bonds. The number of nitriles is 1. The van der Waals surface area contributed by atoms with Crippen molar-refractivity contribution in [1.82, 2.24) is 0 Å². The molecule has 34 heavy (non-hydrogen) atoms. The van der Waals surface area contributed by atoms with E-state index in [-0.39, 0.29) is 27.4 Å². The predicted octanol–water partition coefficient (Wildman–Crippen LogP) is 6.96. The van der Waals surface area contributed by atoms with Gasteiger partial charge in [0, 0.05) is 12.0 Å². The highest BCUT2D eigenvalue weighted by atomic mass is 16.3. The van der Waals surface area contributed by atoms with Crippen LogP contribution >= 0.6 is 0 Å². The predicted molar refractivity (Wildman–Crippen MR) is 136 cm³/mol. The molecule has 0 unspecified atom stereocenters. The molecule has 0 heterocycles. The van der Waals surface area contributed by atoms with Crippen LogP contribution in [0.1, 0.15) is 99.8 Å². The number of carbonyl (C=O) groups excluding carboxylic acids is 1. The van der Waals surface area contributed by atoms with E-state index in [4.69, 9.17) is 0 Å². The van der Waals surface area contributed by atoms with Crippen molar-refractivity contribution in [2.45, 2.75) is 99.8 Å². The fourth-order valence-corrected chi connectivity index (χ4v) is 11.4. The van der Waals surface area contributed by atoms with Gasteiger partial charge in [-0.3, -0.25) is 4.79 Å². The van der Waals surface area contributed by atoms with Gasteiger partial charge in [-0.05, 0) is 109 Å². The maximum atomic E-state index is 13.2. The lowest BCUT2D eigenvalue weighted by molar-refractivity contribution is -0.224. The summed E-state index contributed by atoms with van der Waals surface area (Å²) in [5.74, 6) is 3.55. The van der Waals surface area contributed by atoms with Crippen molar-refractivity contribution in [2.24, 2.45) is 62.6 Å². The van der Waals surface area contributed by atoms with Crippen LogP contribution in [0.5, 0.6) is 0 Å². The van der Waals surface area contributed by atoms with Crippen molar-refractivity contribution in [3.63, 3.8) is 0 Å². The van der Waals surface area contributed by atoms with Crippen LogP contribution in [0, 0.1) is 73.9 Å². The Balaban J connectivity index is 1.60. The molecule has 0 aromatic carbocycles. The van der Waals surface area contributed by atoms with Crippen LogP contribution < -0.4 is 0 Å². The van der Waals surface area contributed by atoms with Gasteiger partial charge in [0.15, 0.2) is 5.78 Å². The van der Waals surface area contributed by atoms with Crippen molar-refractivity contribution in [1.29, 1.82) is 5.26 Å². The minimum Gasteiger partial charge on any atom is -0.396 e. The summed E-state index contributed by atoms with van der Waals surface area (Å²) in [5.41, 5.74) is 0.398. The number of hydrogen-bond acceptors (Lipinski definition) is 3. The molecule has 3 heteroatoms. The Morgan fingerprint density at radius 3 is 2.29 bits per heavy atom. The van der Waals surface area contributed by atoms with Gasteiger partial charge in [0.05, 0.1) is 5.57 Å². The highest BCUT2D eigenvalue weighted by Crippen LogP contribution is 2.76. The molecule has 0 saturated heterocycles. The van der Waals surface area contributed by atoms with Crippen LogP contribution in [0.15, 0.2) is 11.6 Å². The molecule has 1 N–H and O–H groups in total. The fourth-order valence-electron chi connectivity index (χ4n) is 11.4. The molecule has 0 aromatic heterocycles. The summed E-state index contributed by atoms with van der Waals surface area (Å²) in [7, 11) is 0. The van der Waals surface area contributed by atoms with Gasteiger partial charge in [-0.1, -0.05) is 54.5 Å². The summed E-state index contributed by atoms with van der Waals surface area (Å²) in [4.78, 5) is 13.2. The number of aliphatic hydroxyl groups is 1. The van der Waals surface area contributed by atoms with Gasteiger partial charge < -0.3 is 5.11 Å². The monoisotopic (exact) mass is 465 g/mol. The number of nitrogens with zero attached hydrogens (tertiary/aromatic N) is 1. The Bertz CT molecular complexity index is 957. The second-order valence-electron chi connectivity index (χ2n) is 14.7. The summed E-state index contributed by atoms with van der Waals surface area (Å²) in [6.45, 7) is 16.9. The molecular weight excluding hydrogens is 418 g/mol. The number of fused-ring (bicyclic) bond motifs is 7. The third-order valence-corrected chi connectivity index (χ3v) is 13.3. The van der Waals surface area contributed by atoms with Gasteiger partial charge >= 0.3 is 0 Å². The van der Waals surface area contributed by atoms with E-state index in [2.05, 4.69) is 60.6 Å². The standard InChI is InChI=1S/C31H47NO2/c1-19(2)21-10-13-31(18-33)15-14-29(6)22(25(21)31)8-9-24-28(5)16-20(17-32)26(34)27(3,4)23(28)11-12-30(24,29)7/h16,19,21-25,33H,8-15,18H2,1-7H3/t21-,22+,23-,24+,25+,28-,29+,30+,31+/m0/s1. The Morgan fingerprint density at radius 2 is 1.68 bits per heavy atom. The van der Waals surface area contributed by atoms with Gasteiger partial charge in [0.2, 0.25) is 0 Å². The number of carbonyl (C=O) groups is 1. The van der Waals surface area contributed by atoms with Crippen molar-refractivity contribution < 1.29 is 9.90 Å². The summed E-state index contributed by atoms with van der Waals surface area (Å²) in [5, 5.41) is 20.6. The van der Waals surface area contributed by atoms with Gasteiger partial charge in [0.1, 0.15) is 6.07 Å². The molecule has 0 spiro atoms. The zero-order valence-electron chi connectivity index (χ0n) is 22.7. The Kier molecular flexibility index (Phi) is 5.37. The van der Waals surface area contributed by atoms with E-state index in [1.807, 2.05) is 0 Å². The SMILES string of the molecule is CC(C)[C@@H]1CC[C@]2(CO)CC[C@]3(C)[C@H](CC[C@@H]4[C@@]5(C)C=C(C#N)C(=O)C(C)(C)[C@@H]5CC[C@]43C)[C@@H]12. The maximum absolute atomic E-state index is 13.2. The number of allylic oxidation sites excluding steroid dienone is 2. The van der Waals surface area contributed by atoms with Crippen molar-refractivity contribution >= 4 is 5.78 Å². The third-order valence-electron chi connectivity index (χ3n) is 13.3. The Hall–Kier alpha value is -1.14. The fraction of sp³-hybridized carbons (Fsp3) is 0.871. The first kappa shape index (κ1) is 24.5. The van der Waals surface area contributed by atoms with Crippen LogP contribution in [0.25, 0.3) is 0 Å². The normalized spacial score (nSPS) is 51.6. The summed E-state index contributed by atoms with van der Waals surface area (Å²) in [6.07, 6.45) is 11.7. The van der Waals surface area contributed by atoms with E-state index >= 15 is 0 Å². The highest BCUT2D eigenvalue weighted by molar-refractivity contribution is 6.04. The van der Waals surface area contributed by atoms with E-state index in [0.29, 0.717) is 41.8 Å². The summed E-state index contributed by atoms with van der Waals surface area (Å²) in [6, 6.07) is 2.29. The first-order valence-corrected chi connectivity index (χ1v) is 14.1. The molecule has 5 rings (SSSR count). The molecule has 188 valence electrons. The van der Waals surface area contributed by atoms with Crippen molar-refractivity contribution in [2.75, 3.05) is 6.61 Å². The smallest absolute Gasteiger partial charge is 0.178 e. The molecule has 5 aliphatic carbocycles. The molecule has 0 radical (unpaired) electrons. The zero-order valence-corrected chi connectivity index (χ0v) is 22.7. The summed E-state index contributed by atoms with van der Waals surface area (Å²) < 4.78 is 0. The molecule has 3 nitrogen and oxygen atoms in total. The average Bonchev–Trinajstić information content (AvgIpc) is 3.17. The molecule has 4 fully saturated rings. The first-order chi connectivity index (χ1) is 15.8. The lowest BCUT2D eigenvalue weighted by Crippen LogP contribution is -2.66. The Morgan fingerprint density at radius 1 is 0.971 bits per heavy atom. The molecular formula is C31H47NO2. The van der Waals surface area contributed by atoms with Crippen LogP contribution in [-0.4, -0.2) is 17.5 Å². The van der Waals surface area contributed by atoms with E-state index < -0.39 is 5.41 Å². The second kappa shape index (κ2) is 7.44. The number of rotatable bonds is 2. The van der Waals surface area contributed by atoms with Gasteiger partial charge in [-0.15, -0.1) is 0 Å². The van der Waals surface area contributed by atoms with Crippen LogP contribution in [-0.2, 0) is 4.79 Å². The zero-order chi connectivity index (χ0) is 24.9. The van der Waals surface area contributed by atoms with E-state index in [1.165, 1.54) is 38.5 Å². The van der Waals surface area contributed by atoms with Crippen LogP contribution in [0.2, 0.25) is 0 Å². The largest absolute Gasteiger partial charge is 0.396 e. The minimum atomic E-state index is -0.472. The number of ketones is 1. The van der Waals surface area contributed by atoms with Gasteiger partial charge in [-0.25, -0.2) is 0 Å². The number of Topliss-reactive ketones (excluding diaryl/α,β-unsaturated/α-hetero) is 1. The molecule has 9 atom stereocenters. The molecule has 5 aliphatic rings. The minimum absolute atomic E-state index is 0.0529. The topological polar surface area (TPSA) is 61.1 Å². The van der Waals surface area contributed by atoms with Gasteiger partial charge in [-0.2, -0.15) is 5.26 Å². The summed E-state index contributed by atoms with van der Waals surface area (Å²) >= 11 is 0. The van der Waals surface area contributed by atoms with Gasteiger partial charge in [0.25, 0.3) is 0 Å². The highest BCUT2D eigenvalue weighted by Gasteiger charge is 2.70. The van der Waals surface area contributed by atoms with Crippen molar-refractivity contribution in [3.05, 3.63) is 11.6 Å².